The number of aryl methyl sites for hydroxylation is 3. The molecule has 2 heteroatoms. The third-order valence-electron chi connectivity index (χ3n) is 2.65. The molecule has 0 fully saturated rings. The van der Waals surface area contributed by atoms with Crippen molar-refractivity contribution in [2.45, 2.75) is 20.8 Å². The van der Waals surface area contributed by atoms with Gasteiger partial charge in [-0.15, -0.1) is 0 Å². The fourth-order valence-corrected chi connectivity index (χ4v) is 1.41. The first kappa shape index (κ1) is 22.1. The molecule has 3 aromatic rings. The molecule has 0 aromatic heterocycles. The zero-order valence-electron chi connectivity index (χ0n) is 13.8. The Morgan fingerprint density at radius 2 is 0.696 bits per heavy atom. The summed E-state index contributed by atoms with van der Waals surface area (Å²) < 4.78 is 0. The first-order valence-corrected chi connectivity index (χ1v) is 12.2. The van der Waals surface area contributed by atoms with Crippen LogP contribution >= 0.6 is 19.2 Å². The Balaban J connectivity index is 0.000000299. The maximum atomic E-state index is 2.93. The van der Waals surface area contributed by atoms with Gasteiger partial charge in [0.2, 0.25) is 0 Å². The average Bonchev–Trinajstić information content (AvgIpc) is 2.60. The summed E-state index contributed by atoms with van der Waals surface area (Å²) in [6.45, 7) is 6.19. The molecule has 0 bridgehead atoms. The summed E-state index contributed by atoms with van der Waals surface area (Å²) in [5.41, 5.74) is 3.87. The van der Waals surface area contributed by atoms with Crippen molar-refractivity contribution in [3.63, 3.8) is 0 Å². The molecule has 0 unspecified atom stereocenters. The Labute approximate surface area is 163 Å². The van der Waals surface area contributed by atoms with E-state index in [9.17, 15) is 0 Å². The molecule has 0 radical (unpaired) electrons. The van der Waals surface area contributed by atoms with Gasteiger partial charge in [-0.05, 0) is 0 Å². The number of benzene rings is 3. The van der Waals surface area contributed by atoms with Gasteiger partial charge in [0.05, 0.1) is 0 Å². The van der Waals surface area contributed by atoms with Crippen molar-refractivity contribution in [1.82, 2.24) is 0 Å². The first-order valence-electron chi connectivity index (χ1n) is 7.15. The molecule has 3 rings (SSSR count). The van der Waals surface area contributed by atoms with E-state index in [4.69, 9.17) is 0 Å². The molecule has 0 aliphatic carbocycles. The minimum atomic E-state index is 1.29. The molecule has 0 amide bonds. The average molecular weight is 448 g/mol. The van der Waals surface area contributed by atoms with E-state index in [1.807, 2.05) is 89.5 Å². The van der Waals surface area contributed by atoms with Gasteiger partial charge < -0.3 is 0 Å². The number of hydrogen-bond acceptors (Lipinski definition) is 0. The summed E-state index contributed by atoms with van der Waals surface area (Å²) in [5, 5.41) is 0. The van der Waals surface area contributed by atoms with E-state index in [0.29, 0.717) is 0 Å². The van der Waals surface area contributed by atoms with Crippen LogP contribution in [0.4, 0.5) is 0 Å². The van der Waals surface area contributed by atoms with Gasteiger partial charge in [-0.3, -0.25) is 0 Å². The number of rotatable bonds is 0. The predicted molar refractivity (Wildman–Crippen MR) is 104 cm³/mol. The van der Waals surface area contributed by atoms with Crippen LogP contribution < -0.4 is 0 Å². The molecular weight excluding hydrogens is 427 g/mol. The monoisotopic (exact) mass is 448 g/mol. The van der Waals surface area contributed by atoms with E-state index in [0.717, 1.165) is 0 Å². The van der Waals surface area contributed by atoms with E-state index in [2.05, 4.69) is 58.2 Å². The quantitative estimate of drug-likeness (QED) is 0.216. The third kappa shape index (κ3) is 14.4. The van der Waals surface area contributed by atoms with E-state index in [1.54, 1.807) is 0 Å². The second-order valence-corrected chi connectivity index (χ2v) is 4.73. The summed E-state index contributed by atoms with van der Waals surface area (Å²) in [7, 11) is 0. The molecule has 116 valence electrons. The Kier molecular flexibility index (Phi) is 15.4. The van der Waals surface area contributed by atoms with Crippen LogP contribution in [-0.2, 0) is 16.7 Å². The molecule has 0 aliphatic heterocycles. The van der Waals surface area contributed by atoms with Crippen molar-refractivity contribution >= 4 is 19.2 Å². The van der Waals surface area contributed by atoms with Crippen molar-refractivity contribution in [3.8, 4) is 0 Å². The SMILES string of the molecule is Cc1cc[c-]cc1.Cc1cc[c-]cc1.Cc1cc[c-]cc1.[Ti+3][I]. The van der Waals surface area contributed by atoms with Crippen LogP contribution in [-0.4, -0.2) is 0 Å². The maximum absolute atomic E-state index is 2.93. The molecule has 0 N–H and O–H groups in total. The van der Waals surface area contributed by atoms with Gasteiger partial charge in [-0.1, -0.05) is 20.8 Å². The van der Waals surface area contributed by atoms with E-state index >= 15 is 0 Å². The topological polar surface area (TPSA) is 0 Å². The van der Waals surface area contributed by atoms with Crippen molar-refractivity contribution in [1.29, 1.82) is 0 Å². The molecule has 3 aromatic carbocycles. The summed E-state index contributed by atoms with van der Waals surface area (Å²) in [6.07, 6.45) is 0. The molecule has 0 atom stereocenters. The van der Waals surface area contributed by atoms with Crippen LogP contribution in [0.25, 0.3) is 0 Å². The Hall–Kier alpha value is -0.896. The Morgan fingerprint density at radius 1 is 0.522 bits per heavy atom. The summed E-state index contributed by atoms with van der Waals surface area (Å²) in [4.78, 5) is 0. The molecule has 0 heterocycles. The van der Waals surface area contributed by atoms with E-state index < -0.39 is 0 Å². The van der Waals surface area contributed by atoms with Crippen LogP contribution in [0.15, 0.2) is 72.8 Å². The van der Waals surface area contributed by atoms with Crippen LogP contribution in [0.5, 0.6) is 0 Å². The van der Waals surface area contributed by atoms with Crippen LogP contribution in [0, 0.1) is 39.0 Å². The van der Waals surface area contributed by atoms with Gasteiger partial charge in [0.1, 0.15) is 0 Å². The first-order chi connectivity index (χ1) is 11.2. The minimum absolute atomic E-state index is 1.29. The molecule has 0 spiro atoms. The van der Waals surface area contributed by atoms with E-state index in [1.165, 1.54) is 16.7 Å². The van der Waals surface area contributed by atoms with Gasteiger partial charge in [-0.2, -0.15) is 108 Å². The fraction of sp³-hybridized carbons (Fsp3) is 0.143. The standard InChI is InChI=1S/3C7H7.HI.Ti/c3*1-7-5-3-2-4-6-7;;/h3*3-6H,1H3;1H;/q3*-1;;+4/p-1. The number of hydrogen-bond donors (Lipinski definition) is 0. The summed E-state index contributed by atoms with van der Waals surface area (Å²) in [5.74, 6) is 0. The Morgan fingerprint density at radius 3 is 0.783 bits per heavy atom. The molecule has 23 heavy (non-hydrogen) atoms. The second kappa shape index (κ2) is 16.0. The van der Waals surface area contributed by atoms with Crippen LogP contribution in [0.2, 0.25) is 0 Å². The van der Waals surface area contributed by atoms with Crippen molar-refractivity contribution < 1.29 is 16.7 Å². The summed E-state index contributed by atoms with van der Waals surface area (Å²) in [6, 6.07) is 32.4. The normalized spacial score (nSPS) is 8.26. The van der Waals surface area contributed by atoms with Gasteiger partial charge in [-0.25, -0.2) is 0 Å². The third-order valence-corrected chi connectivity index (χ3v) is 2.65. The van der Waals surface area contributed by atoms with Crippen molar-refractivity contribution in [2.24, 2.45) is 0 Å². The molecule has 0 nitrogen and oxygen atoms in total. The molecule has 0 saturated carbocycles. The summed E-state index contributed by atoms with van der Waals surface area (Å²) >= 11 is 4.12. The Bertz CT molecular complexity index is 491. The molecule has 0 saturated heterocycles. The van der Waals surface area contributed by atoms with Crippen molar-refractivity contribution in [3.05, 3.63) is 108 Å². The molecular formula is C21H21ITi. The van der Waals surface area contributed by atoms with Gasteiger partial charge >= 0.3 is 35.9 Å². The van der Waals surface area contributed by atoms with Gasteiger partial charge in [0.25, 0.3) is 0 Å². The van der Waals surface area contributed by atoms with E-state index in [-0.39, 0.29) is 0 Å². The predicted octanol–water partition coefficient (Wildman–Crippen LogP) is 6.27. The molecule has 0 aliphatic rings. The second-order valence-electron chi connectivity index (χ2n) is 4.73. The van der Waals surface area contributed by atoms with Crippen molar-refractivity contribution in [2.75, 3.05) is 0 Å². The van der Waals surface area contributed by atoms with Crippen LogP contribution in [0.3, 0.4) is 0 Å². The fourth-order valence-electron chi connectivity index (χ4n) is 1.41. The zero-order valence-corrected chi connectivity index (χ0v) is 17.5. The van der Waals surface area contributed by atoms with Gasteiger partial charge in [0.15, 0.2) is 0 Å². The number of halogens is 1. The van der Waals surface area contributed by atoms with Crippen LogP contribution in [0.1, 0.15) is 16.7 Å². The zero-order chi connectivity index (χ0) is 17.3. The van der Waals surface area contributed by atoms with Gasteiger partial charge in [0, 0.05) is 0 Å².